The molecule has 1 aromatic carbocycles. The first-order valence-corrected chi connectivity index (χ1v) is 7.76. The van der Waals surface area contributed by atoms with Gasteiger partial charge in [-0.2, -0.15) is 0 Å². The van der Waals surface area contributed by atoms with E-state index in [1.54, 1.807) is 6.08 Å². The third kappa shape index (κ3) is 3.27. The first kappa shape index (κ1) is 15.3. The number of hydrogen-bond donors (Lipinski definition) is 1. The van der Waals surface area contributed by atoms with Crippen LogP contribution < -0.4 is 5.32 Å². The highest BCUT2D eigenvalue weighted by molar-refractivity contribution is 6.31. The largest absolute Gasteiger partial charge is 0.322 e. The van der Waals surface area contributed by atoms with Crippen molar-refractivity contribution in [3.8, 4) is 0 Å². The Bertz CT molecular complexity index is 883. The number of amides is 1. The molecule has 0 bridgehead atoms. The number of fused-ring (bicyclic) bond motifs is 1. The summed E-state index contributed by atoms with van der Waals surface area (Å²) in [6.45, 7) is 2.05. The SMILES string of the molecule is CCc1ccccc1NC(=O)/C=C/c1c(Cl)nc2ccccn12. The van der Waals surface area contributed by atoms with Crippen molar-refractivity contribution in [1.29, 1.82) is 0 Å². The molecule has 2 heterocycles. The van der Waals surface area contributed by atoms with Crippen LogP contribution in [0.4, 0.5) is 5.69 Å². The molecule has 116 valence electrons. The van der Waals surface area contributed by atoms with Gasteiger partial charge in [-0.1, -0.05) is 42.8 Å². The van der Waals surface area contributed by atoms with Gasteiger partial charge in [0.1, 0.15) is 5.65 Å². The molecular weight excluding hydrogens is 310 g/mol. The summed E-state index contributed by atoms with van der Waals surface area (Å²) in [5.41, 5.74) is 3.35. The van der Waals surface area contributed by atoms with E-state index >= 15 is 0 Å². The summed E-state index contributed by atoms with van der Waals surface area (Å²) in [5, 5.41) is 3.26. The average molecular weight is 326 g/mol. The normalized spacial score (nSPS) is 11.2. The summed E-state index contributed by atoms with van der Waals surface area (Å²) in [7, 11) is 0. The number of imidazole rings is 1. The van der Waals surface area contributed by atoms with Crippen LogP contribution >= 0.6 is 11.6 Å². The number of hydrogen-bond acceptors (Lipinski definition) is 2. The van der Waals surface area contributed by atoms with E-state index in [9.17, 15) is 4.79 Å². The van der Waals surface area contributed by atoms with Crippen LogP contribution in [0.3, 0.4) is 0 Å². The van der Waals surface area contributed by atoms with Crippen LogP contribution in [0.1, 0.15) is 18.2 Å². The first-order valence-electron chi connectivity index (χ1n) is 7.38. The monoisotopic (exact) mass is 325 g/mol. The van der Waals surface area contributed by atoms with Gasteiger partial charge >= 0.3 is 0 Å². The predicted octanol–water partition coefficient (Wildman–Crippen LogP) is 4.20. The van der Waals surface area contributed by atoms with E-state index in [0.717, 1.165) is 23.3 Å². The number of benzene rings is 1. The molecule has 0 fully saturated rings. The molecular formula is C18H16ClN3O. The Morgan fingerprint density at radius 1 is 1.26 bits per heavy atom. The lowest BCUT2D eigenvalue weighted by molar-refractivity contribution is -0.111. The van der Waals surface area contributed by atoms with Crippen molar-refractivity contribution in [2.75, 3.05) is 5.32 Å². The third-order valence-electron chi connectivity index (χ3n) is 3.57. The summed E-state index contributed by atoms with van der Waals surface area (Å²) in [6, 6.07) is 13.4. The van der Waals surface area contributed by atoms with Gasteiger partial charge in [0.2, 0.25) is 5.91 Å². The minimum absolute atomic E-state index is 0.201. The lowest BCUT2D eigenvalue weighted by Gasteiger charge is -2.07. The Morgan fingerprint density at radius 3 is 2.87 bits per heavy atom. The summed E-state index contributed by atoms with van der Waals surface area (Å²) in [6.07, 6.45) is 5.86. The summed E-state index contributed by atoms with van der Waals surface area (Å²) in [5.74, 6) is -0.201. The molecule has 0 aliphatic heterocycles. The average Bonchev–Trinajstić information content (AvgIpc) is 2.88. The summed E-state index contributed by atoms with van der Waals surface area (Å²) >= 11 is 6.14. The van der Waals surface area contributed by atoms with Crippen LogP contribution in [0, 0.1) is 0 Å². The molecule has 0 saturated carbocycles. The highest BCUT2D eigenvalue weighted by Crippen LogP contribution is 2.19. The van der Waals surface area contributed by atoms with Gasteiger partial charge in [-0.25, -0.2) is 4.98 Å². The second-order valence-corrected chi connectivity index (χ2v) is 5.41. The van der Waals surface area contributed by atoms with E-state index in [2.05, 4.69) is 17.2 Å². The van der Waals surface area contributed by atoms with E-state index in [1.807, 2.05) is 53.1 Å². The topological polar surface area (TPSA) is 46.4 Å². The molecule has 0 radical (unpaired) electrons. The van der Waals surface area contributed by atoms with E-state index in [-0.39, 0.29) is 5.91 Å². The molecule has 0 aliphatic carbocycles. The van der Waals surface area contributed by atoms with Gasteiger partial charge in [-0.3, -0.25) is 9.20 Å². The lowest BCUT2D eigenvalue weighted by Crippen LogP contribution is -2.09. The summed E-state index contributed by atoms with van der Waals surface area (Å²) < 4.78 is 1.84. The Hall–Kier alpha value is -2.59. The molecule has 0 spiro atoms. The Balaban J connectivity index is 1.82. The number of carbonyl (C=O) groups is 1. The number of nitrogens with one attached hydrogen (secondary N) is 1. The zero-order chi connectivity index (χ0) is 16.2. The van der Waals surface area contributed by atoms with Crippen molar-refractivity contribution in [2.45, 2.75) is 13.3 Å². The maximum Gasteiger partial charge on any atom is 0.248 e. The van der Waals surface area contributed by atoms with Gasteiger partial charge in [0.15, 0.2) is 5.15 Å². The van der Waals surface area contributed by atoms with Crippen molar-refractivity contribution < 1.29 is 4.79 Å². The van der Waals surface area contributed by atoms with E-state index < -0.39 is 0 Å². The van der Waals surface area contributed by atoms with Crippen LogP contribution in [0.15, 0.2) is 54.7 Å². The van der Waals surface area contributed by atoms with Crippen molar-refractivity contribution in [1.82, 2.24) is 9.38 Å². The van der Waals surface area contributed by atoms with Crippen LogP contribution in [0.2, 0.25) is 5.15 Å². The Morgan fingerprint density at radius 2 is 2.04 bits per heavy atom. The second kappa shape index (κ2) is 6.67. The number of carbonyl (C=O) groups excluding carboxylic acids is 1. The van der Waals surface area contributed by atoms with E-state index in [0.29, 0.717) is 10.8 Å². The minimum atomic E-state index is -0.201. The molecule has 0 saturated heterocycles. The minimum Gasteiger partial charge on any atom is -0.322 e. The molecule has 5 heteroatoms. The molecule has 1 N–H and O–H groups in total. The van der Waals surface area contributed by atoms with Gasteiger partial charge in [-0.15, -0.1) is 0 Å². The van der Waals surface area contributed by atoms with Gasteiger partial charge in [-0.05, 0) is 36.3 Å². The Labute approximate surface area is 139 Å². The predicted molar refractivity (Wildman–Crippen MR) is 93.7 cm³/mol. The number of pyridine rings is 1. The smallest absolute Gasteiger partial charge is 0.248 e. The molecule has 23 heavy (non-hydrogen) atoms. The number of nitrogens with zero attached hydrogens (tertiary/aromatic N) is 2. The Kier molecular flexibility index (Phi) is 4.44. The number of rotatable bonds is 4. The maximum absolute atomic E-state index is 12.2. The standard InChI is InChI=1S/C18H16ClN3O/c1-2-13-7-3-4-8-14(13)20-17(23)11-10-15-18(19)21-16-9-5-6-12-22(15)16/h3-12H,2H2,1H3,(H,20,23)/b11-10+. The van der Waals surface area contributed by atoms with Gasteiger partial charge < -0.3 is 5.32 Å². The molecule has 4 nitrogen and oxygen atoms in total. The van der Waals surface area contributed by atoms with E-state index in [4.69, 9.17) is 11.6 Å². The van der Waals surface area contributed by atoms with Crippen LogP contribution in [0.25, 0.3) is 11.7 Å². The highest BCUT2D eigenvalue weighted by Gasteiger charge is 2.08. The fraction of sp³-hybridized carbons (Fsp3) is 0.111. The van der Waals surface area contributed by atoms with Crippen LogP contribution in [-0.4, -0.2) is 15.3 Å². The fourth-order valence-electron chi connectivity index (χ4n) is 2.41. The zero-order valence-electron chi connectivity index (χ0n) is 12.7. The molecule has 2 aromatic heterocycles. The van der Waals surface area contributed by atoms with Gasteiger partial charge in [0.25, 0.3) is 0 Å². The number of anilines is 1. The molecule has 1 amide bonds. The van der Waals surface area contributed by atoms with Crippen molar-refractivity contribution >= 4 is 34.9 Å². The number of aryl methyl sites for hydroxylation is 1. The highest BCUT2D eigenvalue weighted by atomic mass is 35.5. The van der Waals surface area contributed by atoms with Gasteiger partial charge in [0, 0.05) is 18.0 Å². The molecule has 0 atom stereocenters. The number of aromatic nitrogens is 2. The van der Waals surface area contributed by atoms with Crippen molar-refractivity contribution in [3.05, 3.63) is 71.1 Å². The first-order chi connectivity index (χ1) is 11.2. The van der Waals surface area contributed by atoms with Crippen LogP contribution in [0.5, 0.6) is 0 Å². The molecule has 0 aliphatic rings. The molecule has 3 aromatic rings. The second-order valence-electron chi connectivity index (χ2n) is 5.05. The van der Waals surface area contributed by atoms with Crippen molar-refractivity contribution in [3.63, 3.8) is 0 Å². The van der Waals surface area contributed by atoms with Gasteiger partial charge in [0.05, 0.1) is 5.69 Å². The number of halogens is 1. The molecule has 3 rings (SSSR count). The molecule has 0 unspecified atom stereocenters. The maximum atomic E-state index is 12.2. The zero-order valence-corrected chi connectivity index (χ0v) is 13.4. The third-order valence-corrected chi connectivity index (χ3v) is 3.85. The van der Waals surface area contributed by atoms with E-state index in [1.165, 1.54) is 6.08 Å². The summed E-state index contributed by atoms with van der Waals surface area (Å²) in [4.78, 5) is 16.4. The van der Waals surface area contributed by atoms with Crippen molar-refractivity contribution in [2.24, 2.45) is 0 Å². The van der Waals surface area contributed by atoms with Crippen LogP contribution in [-0.2, 0) is 11.2 Å². The quantitative estimate of drug-likeness (QED) is 0.731. The lowest BCUT2D eigenvalue weighted by atomic mass is 10.1. The number of para-hydroxylation sites is 1. The fourth-order valence-corrected chi connectivity index (χ4v) is 2.66.